The molecule has 120 valence electrons. The molecule has 0 aliphatic heterocycles. The molecule has 0 aliphatic carbocycles. The van der Waals surface area contributed by atoms with Gasteiger partial charge in [-0.15, -0.1) is 0 Å². The Labute approximate surface area is 129 Å². The molecule has 0 spiro atoms. The average Bonchev–Trinajstić information content (AvgIpc) is 2.49. The van der Waals surface area contributed by atoms with Gasteiger partial charge in [0.2, 0.25) is 0 Å². The zero-order valence-electron chi connectivity index (χ0n) is 12.7. The number of imide groups is 1. The van der Waals surface area contributed by atoms with Crippen molar-refractivity contribution in [3.05, 3.63) is 29.8 Å². The Morgan fingerprint density at radius 3 is 2.68 bits per heavy atom. The zero-order valence-corrected chi connectivity index (χ0v) is 12.7. The van der Waals surface area contributed by atoms with Crippen molar-refractivity contribution in [2.24, 2.45) is 0 Å². The summed E-state index contributed by atoms with van der Waals surface area (Å²) in [5, 5.41) is 4.21. The van der Waals surface area contributed by atoms with Crippen LogP contribution >= 0.6 is 0 Å². The first-order chi connectivity index (χ1) is 10.5. The van der Waals surface area contributed by atoms with Crippen molar-refractivity contribution in [1.82, 2.24) is 10.6 Å². The van der Waals surface area contributed by atoms with Crippen LogP contribution in [-0.4, -0.2) is 38.2 Å². The number of urea groups is 1. The molecule has 1 aromatic rings. The van der Waals surface area contributed by atoms with Crippen LogP contribution in [0.5, 0.6) is 5.75 Å². The van der Waals surface area contributed by atoms with Crippen molar-refractivity contribution >= 4 is 17.9 Å². The number of nitrogens with one attached hydrogen (secondary N) is 2. The molecule has 22 heavy (non-hydrogen) atoms. The Kier molecular flexibility index (Phi) is 7.45. The molecule has 0 saturated heterocycles. The van der Waals surface area contributed by atoms with Gasteiger partial charge in [-0.3, -0.25) is 14.9 Å². The molecule has 3 amide bonds. The average molecular weight is 308 g/mol. The van der Waals surface area contributed by atoms with Gasteiger partial charge in [0.25, 0.3) is 5.91 Å². The number of amides is 3. The number of ether oxygens (including phenoxy) is 2. The Bertz CT molecular complexity index is 530. The number of hydrogen-bond donors (Lipinski definition) is 2. The Morgan fingerprint density at radius 2 is 2.00 bits per heavy atom. The number of esters is 1. The number of hydrogen-bond acceptors (Lipinski definition) is 5. The molecule has 0 aromatic heterocycles. The summed E-state index contributed by atoms with van der Waals surface area (Å²) in [5.41, 5.74) is 1.10. The Balaban J connectivity index is 2.13. The summed E-state index contributed by atoms with van der Waals surface area (Å²) in [7, 11) is 1.38. The summed E-state index contributed by atoms with van der Waals surface area (Å²) in [4.78, 5) is 33.4. The summed E-state index contributed by atoms with van der Waals surface area (Å²) in [6.07, 6.45) is 0.614. The molecule has 0 aliphatic rings. The van der Waals surface area contributed by atoms with Crippen molar-refractivity contribution in [3.8, 4) is 5.75 Å². The van der Waals surface area contributed by atoms with Crippen LogP contribution < -0.4 is 15.4 Å². The van der Waals surface area contributed by atoms with Crippen molar-refractivity contribution in [3.63, 3.8) is 0 Å². The predicted molar refractivity (Wildman–Crippen MR) is 79.5 cm³/mol. The lowest BCUT2D eigenvalue weighted by Crippen LogP contribution is -2.39. The molecule has 1 rings (SSSR count). The highest BCUT2D eigenvalue weighted by molar-refractivity contribution is 5.95. The SMILES string of the molecule is CNC(=O)NC(=O)COC(=O)CCCOc1cccc(C)c1. The molecule has 0 unspecified atom stereocenters. The van der Waals surface area contributed by atoms with Gasteiger partial charge < -0.3 is 14.8 Å². The maximum atomic E-state index is 11.4. The summed E-state index contributed by atoms with van der Waals surface area (Å²) in [6.45, 7) is 1.86. The van der Waals surface area contributed by atoms with E-state index >= 15 is 0 Å². The van der Waals surface area contributed by atoms with Gasteiger partial charge in [-0.2, -0.15) is 0 Å². The fourth-order valence-electron chi connectivity index (χ4n) is 1.56. The first-order valence-electron chi connectivity index (χ1n) is 6.88. The van der Waals surface area contributed by atoms with E-state index in [1.165, 1.54) is 7.05 Å². The van der Waals surface area contributed by atoms with Gasteiger partial charge in [0, 0.05) is 13.5 Å². The highest BCUT2D eigenvalue weighted by Crippen LogP contribution is 2.12. The third-order valence-electron chi connectivity index (χ3n) is 2.63. The van der Waals surface area contributed by atoms with Crippen LogP contribution in [0, 0.1) is 6.92 Å². The molecular formula is C15H20N2O5. The third-order valence-corrected chi connectivity index (χ3v) is 2.63. The second-order valence-electron chi connectivity index (χ2n) is 4.56. The van der Waals surface area contributed by atoms with Gasteiger partial charge in [-0.25, -0.2) is 4.79 Å². The molecule has 7 heteroatoms. The number of benzene rings is 1. The minimum absolute atomic E-state index is 0.138. The highest BCUT2D eigenvalue weighted by atomic mass is 16.5. The second-order valence-corrected chi connectivity index (χ2v) is 4.56. The molecule has 0 saturated carbocycles. The fourth-order valence-corrected chi connectivity index (χ4v) is 1.56. The van der Waals surface area contributed by atoms with Crippen molar-refractivity contribution in [2.75, 3.05) is 20.3 Å². The topological polar surface area (TPSA) is 93.7 Å². The number of carbonyl (C=O) groups is 3. The van der Waals surface area contributed by atoms with Crippen LogP contribution in [0.4, 0.5) is 4.79 Å². The molecule has 0 heterocycles. The molecule has 0 bridgehead atoms. The van der Waals surface area contributed by atoms with Crippen LogP contribution in [-0.2, 0) is 14.3 Å². The lowest BCUT2D eigenvalue weighted by Gasteiger charge is -2.07. The molecule has 0 atom stereocenters. The van der Waals surface area contributed by atoms with Crippen LogP contribution in [0.15, 0.2) is 24.3 Å². The summed E-state index contributed by atoms with van der Waals surface area (Å²) in [6, 6.07) is 6.96. The first kappa shape index (κ1) is 17.5. The molecular weight excluding hydrogens is 288 g/mol. The number of rotatable bonds is 7. The lowest BCUT2D eigenvalue weighted by atomic mass is 10.2. The van der Waals surface area contributed by atoms with E-state index in [-0.39, 0.29) is 6.42 Å². The van der Waals surface area contributed by atoms with Crippen LogP contribution in [0.25, 0.3) is 0 Å². The molecule has 1 aromatic carbocycles. The van der Waals surface area contributed by atoms with Crippen LogP contribution in [0.2, 0.25) is 0 Å². The van der Waals surface area contributed by atoms with Gasteiger partial charge in [0.05, 0.1) is 6.61 Å². The minimum atomic E-state index is -0.677. The molecule has 2 N–H and O–H groups in total. The van der Waals surface area contributed by atoms with E-state index in [0.29, 0.717) is 13.0 Å². The largest absolute Gasteiger partial charge is 0.494 e. The monoisotopic (exact) mass is 308 g/mol. The van der Waals surface area contributed by atoms with Crippen molar-refractivity contribution < 1.29 is 23.9 Å². The van der Waals surface area contributed by atoms with Gasteiger partial charge in [-0.1, -0.05) is 12.1 Å². The zero-order chi connectivity index (χ0) is 16.4. The first-order valence-corrected chi connectivity index (χ1v) is 6.88. The highest BCUT2D eigenvalue weighted by Gasteiger charge is 2.09. The Hall–Kier alpha value is -2.57. The minimum Gasteiger partial charge on any atom is -0.494 e. The van der Waals surface area contributed by atoms with Gasteiger partial charge in [-0.05, 0) is 31.0 Å². The van der Waals surface area contributed by atoms with E-state index in [4.69, 9.17) is 9.47 Å². The normalized spacial score (nSPS) is 9.73. The lowest BCUT2D eigenvalue weighted by molar-refractivity contribution is -0.148. The van der Waals surface area contributed by atoms with E-state index in [1.54, 1.807) is 0 Å². The quantitative estimate of drug-likeness (QED) is 0.582. The third kappa shape index (κ3) is 7.28. The summed E-state index contributed by atoms with van der Waals surface area (Å²) in [5.74, 6) is -0.443. The predicted octanol–water partition coefficient (Wildman–Crippen LogP) is 1.15. The summed E-state index contributed by atoms with van der Waals surface area (Å²) >= 11 is 0. The van der Waals surface area contributed by atoms with Gasteiger partial charge in [0.15, 0.2) is 6.61 Å². The molecule has 0 radical (unpaired) electrons. The summed E-state index contributed by atoms with van der Waals surface area (Å²) < 4.78 is 10.2. The van der Waals surface area contributed by atoms with E-state index < -0.39 is 24.5 Å². The van der Waals surface area contributed by atoms with Crippen molar-refractivity contribution in [1.29, 1.82) is 0 Å². The van der Waals surface area contributed by atoms with E-state index in [2.05, 4.69) is 5.32 Å². The van der Waals surface area contributed by atoms with Gasteiger partial charge in [0.1, 0.15) is 5.75 Å². The molecule has 0 fully saturated rings. The fraction of sp³-hybridized carbons (Fsp3) is 0.400. The maximum Gasteiger partial charge on any atom is 0.321 e. The van der Waals surface area contributed by atoms with Crippen molar-refractivity contribution in [2.45, 2.75) is 19.8 Å². The molecule has 7 nitrogen and oxygen atoms in total. The van der Waals surface area contributed by atoms with E-state index in [0.717, 1.165) is 11.3 Å². The second kappa shape index (κ2) is 9.38. The Morgan fingerprint density at radius 1 is 1.23 bits per heavy atom. The van der Waals surface area contributed by atoms with E-state index in [1.807, 2.05) is 36.5 Å². The van der Waals surface area contributed by atoms with Crippen LogP contribution in [0.3, 0.4) is 0 Å². The smallest absolute Gasteiger partial charge is 0.321 e. The van der Waals surface area contributed by atoms with E-state index in [9.17, 15) is 14.4 Å². The van der Waals surface area contributed by atoms with Crippen LogP contribution in [0.1, 0.15) is 18.4 Å². The standard InChI is InChI=1S/C15H20N2O5/c1-11-5-3-6-12(9-11)21-8-4-7-14(19)22-10-13(18)17-15(20)16-2/h3,5-6,9H,4,7-8,10H2,1-2H3,(H2,16,17,18,20). The van der Waals surface area contributed by atoms with Gasteiger partial charge >= 0.3 is 12.0 Å². The number of aryl methyl sites for hydroxylation is 1. The maximum absolute atomic E-state index is 11.4. The number of carbonyl (C=O) groups excluding carboxylic acids is 3.